The molecule has 0 aromatic heterocycles. The highest BCUT2D eigenvalue weighted by molar-refractivity contribution is 14.0. The van der Waals surface area contributed by atoms with Crippen LogP contribution >= 0.6 is 24.0 Å². The first-order valence-electron chi connectivity index (χ1n) is 10.9. The zero-order valence-corrected chi connectivity index (χ0v) is 20.5. The van der Waals surface area contributed by atoms with E-state index in [0.717, 1.165) is 51.3 Å². The smallest absolute Gasteiger partial charge is 0.254 e. The van der Waals surface area contributed by atoms with Crippen molar-refractivity contribution in [2.75, 3.05) is 46.4 Å². The van der Waals surface area contributed by atoms with Crippen molar-refractivity contribution in [3.05, 3.63) is 35.6 Å². The first-order valence-corrected chi connectivity index (χ1v) is 10.9. The number of nitrogens with one attached hydrogen (secondary N) is 2. The van der Waals surface area contributed by atoms with Crippen LogP contribution in [0.2, 0.25) is 0 Å². The first-order chi connectivity index (χ1) is 14.7. The fourth-order valence-corrected chi connectivity index (χ4v) is 3.84. The Morgan fingerprint density at radius 3 is 2.61 bits per heavy atom. The Kier molecular flexibility index (Phi) is 11.5. The molecule has 174 valence electrons. The van der Waals surface area contributed by atoms with Crippen molar-refractivity contribution >= 4 is 35.8 Å². The Morgan fingerprint density at radius 2 is 1.94 bits per heavy atom. The predicted molar refractivity (Wildman–Crippen MR) is 130 cm³/mol. The molecule has 0 aliphatic carbocycles. The van der Waals surface area contributed by atoms with Gasteiger partial charge < -0.3 is 25.0 Å². The van der Waals surface area contributed by atoms with Crippen LogP contribution < -0.4 is 10.6 Å². The normalized spacial score (nSPS) is 20.1. The molecule has 3 rings (SSSR count). The van der Waals surface area contributed by atoms with Gasteiger partial charge in [0.25, 0.3) is 5.91 Å². The number of guanidine groups is 1. The van der Waals surface area contributed by atoms with E-state index in [-0.39, 0.29) is 41.7 Å². The molecule has 1 amide bonds. The number of piperidine rings is 1. The van der Waals surface area contributed by atoms with Crippen molar-refractivity contribution in [2.24, 2.45) is 4.99 Å². The van der Waals surface area contributed by atoms with E-state index >= 15 is 0 Å². The van der Waals surface area contributed by atoms with Gasteiger partial charge in [0, 0.05) is 39.8 Å². The summed E-state index contributed by atoms with van der Waals surface area (Å²) in [5.41, 5.74) is 0.0579. The van der Waals surface area contributed by atoms with E-state index in [9.17, 15) is 9.18 Å². The van der Waals surface area contributed by atoms with Crippen molar-refractivity contribution in [1.82, 2.24) is 15.5 Å². The number of benzene rings is 1. The summed E-state index contributed by atoms with van der Waals surface area (Å²) in [5, 5.41) is 6.00. The Labute approximate surface area is 201 Å². The Balaban J connectivity index is 0.00000341. The van der Waals surface area contributed by atoms with Gasteiger partial charge in [0.15, 0.2) is 5.96 Å². The van der Waals surface area contributed by atoms with E-state index in [2.05, 4.69) is 20.5 Å². The number of amides is 1. The van der Waals surface area contributed by atoms with E-state index in [1.54, 1.807) is 19.2 Å². The summed E-state index contributed by atoms with van der Waals surface area (Å²) in [7, 11) is 1.75. The van der Waals surface area contributed by atoms with Gasteiger partial charge >= 0.3 is 0 Å². The second-order valence-corrected chi connectivity index (χ2v) is 7.72. The topological polar surface area (TPSA) is 75.2 Å². The van der Waals surface area contributed by atoms with Gasteiger partial charge in [0.2, 0.25) is 0 Å². The minimum Gasteiger partial charge on any atom is -0.376 e. The standard InChI is InChI=1S/C22H33FN4O3.HI/c1-24-22(26-12-11-25-21(28)19-7-2-3-8-20(19)23)27-13-9-17(10-14-27)30-16-18-6-4-5-15-29-18;/h2-3,7-8,17-18H,4-6,9-16H2,1H3,(H,24,26)(H,25,28);1H. The molecular weight excluding hydrogens is 514 g/mol. The molecule has 2 aliphatic rings. The number of likely N-dealkylation sites (tertiary alicyclic amines) is 1. The lowest BCUT2D eigenvalue weighted by Gasteiger charge is -2.35. The SMILES string of the molecule is CN=C(NCCNC(=O)c1ccccc1F)N1CCC(OCC2CCCCO2)CC1.I. The van der Waals surface area contributed by atoms with Crippen LogP contribution in [0.5, 0.6) is 0 Å². The second-order valence-electron chi connectivity index (χ2n) is 7.72. The average molecular weight is 548 g/mol. The number of rotatable bonds is 7. The molecule has 9 heteroatoms. The highest BCUT2D eigenvalue weighted by Crippen LogP contribution is 2.18. The number of ether oxygens (including phenoxy) is 2. The van der Waals surface area contributed by atoms with E-state index in [0.29, 0.717) is 19.7 Å². The fourth-order valence-electron chi connectivity index (χ4n) is 3.84. The quantitative estimate of drug-likeness (QED) is 0.237. The molecule has 2 heterocycles. The predicted octanol–water partition coefficient (Wildman–Crippen LogP) is 2.80. The zero-order valence-electron chi connectivity index (χ0n) is 18.1. The molecule has 2 fully saturated rings. The molecule has 0 spiro atoms. The Bertz CT molecular complexity index is 708. The molecule has 2 N–H and O–H groups in total. The third kappa shape index (κ3) is 8.19. The summed E-state index contributed by atoms with van der Waals surface area (Å²) in [6.45, 7) is 4.19. The third-order valence-electron chi connectivity index (χ3n) is 5.56. The van der Waals surface area contributed by atoms with Gasteiger partial charge in [-0.3, -0.25) is 9.79 Å². The molecule has 2 aliphatic heterocycles. The zero-order chi connectivity index (χ0) is 21.2. The number of hydrogen-bond donors (Lipinski definition) is 2. The lowest BCUT2D eigenvalue weighted by molar-refractivity contribution is -0.0721. The highest BCUT2D eigenvalue weighted by atomic mass is 127. The average Bonchev–Trinajstić information content (AvgIpc) is 2.79. The van der Waals surface area contributed by atoms with Crippen LogP contribution in [0.3, 0.4) is 0 Å². The maximum Gasteiger partial charge on any atom is 0.254 e. The minimum atomic E-state index is -0.515. The molecule has 0 bridgehead atoms. The monoisotopic (exact) mass is 548 g/mol. The molecule has 2 saturated heterocycles. The third-order valence-corrected chi connectivity index (χ3v) is 5.56. The summed E-state index contributed by atoms with van der Waals surface area (Å²) in [6, 6.07) is 5.97. The van der Waals surface area contributed by atoms with Crippen molar-refractivity contribution in [3.8, 4) is 0 Å². The van der Waals surface area contributed by atoms with Gasteiger partial charge in [0.1, 0.15) is 5.82 Å². The van der Waals surface area contributed by atoms with Crippen LogP contribution in [0, 0.1) is 5.82 Å². The van der Waals surface area contributed by atoms with E-state index in [4.69, 9.17) is 9.47 Å². The van der Waals surface area contributed by atoms with Crippen LogP contribution in [0.15, 0.2) is 29.3 Å². The molecule has 1 unspecified atom stereocenters. The van der Waals surface area contributed by atoms with Gasteiger partial charge in [0.05, 0.1) is 24.4 Å². The van der Waals surface area contributed by atoms with Crippen LogP contribution in [0.4, 0.5) is 4.39 Å². The highest BCUT2D eigenvalue weighted by Gasteiger charge is 2.23. The van der Waals surface area contributed by atoms with Gasteiger partial charge in [-0.15, -0.1) is 24.0 Å². The molecule has 7 nitrogen and oxygen atoms in total. The van der Waals surface area contributed by atoms with Gasteiger partial charge in [-0.05, 0) is 44.2 Å². The number of hydrogen-bond acceptors (Lipinski definition) is 4. The van der Waals surface area contributed by atoms with Crippen LogP contribution in [-0.4, -0.2) is 75.4 Å². The molecule has 1 aromatic carbocycles. The maximum atomic E-state index is 13.6. The second kappa shape index (κ2) is 13.8. The number of nitrogens with zero attached hydrogens (tertiary/aromatic N) is 2. The van der Waals surface area contributed by atoms with Gasteiger partial charge in [-0.1, -0.05) is 12.1 Å². The van der Waals surface area contributed by atoms with Gasteiger partial charge in [-0.25, -0.2) is 4.39 Å². The van der Waals surface area contributed by atoms with Crippen molar-refractivity contribution in [2.45, 2.75) is 44.3 Å². The van der Waals surface area contributed by atoms with E-state index < -0.39 is 11.7 Å². The van der Waals surface area contributed by atoms with E-state index in [1.807, 2.05) is 0 Å². The molecule has 1 aromatic rings. The molecule has 1 atom stereocenters. The van der Waals surface area contributed by atoms with Crippen molar-refractivity contribution in [3.63, 3.8) is 0 Å². The number of aliphatic imine (C=N–C) groups is 1. The number of halogens is 2. The first kappa shape index (κ1) is 25.8. The van der Waals surface area contributed by atoms with E-state index in [1.165, 1.54) is 18.6 Å². The van der Waals surface area contributed by atoms with Crippen molar-refractivity contribution < 1.29 is 18.7 Å². The fraction of sp³-hybridized carbons (Fsp3) is 0.636. The molecule has 31 heavy (non-hydrogen) atoms. The van der Waals surface area contributed by atoms with Crippen LogP contribution in [-0.2, 0) is 9.47 Å². The Morgan fingerprint density at radius 1 is 1.19 bits per heavy atom. The largest absolute Gasteiger partial charge is 0.376 e. The summed E-state index contributed by atoms with van der Waals surface area (Å²) in [5.74, 6) is -0.118. The molecular formula is C22H34FIN4O3. The van der Waals surface area contributed by atoms with Gasteiger partial charge in [-0.2, -0.15) is 0 Å². The number of carbonyl (C=O) groups is 1. The number of carbonyl (C=O) groups excluding carboxylic acids is 1. The van der Waals surface area contributed by atoms with Crippen LogP contribution in [0.25, 0.3) is 0 Å². The summed E-state index contributed by atoms with van der Waals surface area (Å²) in [6.07, 6.45) is 5.93. The Hall–Kier alpha value is -1.46. The lowest BCUT2D eigenvalue weighted by atomic mass is 10.1. The summed E-state index contributed by atoms with van der Waals surface area (Å²) in [4.78, 5) is 18.6. The van der Waals surface area contributed by atoms with Crippen molar-refractivity contribution in [1.29, 1.82) is 0 Å². The summed E-state index contributed by atoms with van der Waals surface area (Å²) >= 11 is 0. The minimum absolute atomic E-state index is 0. The maximum absolute atomic E-state index is 13.6. The molecule has 0 radical (unpaired) electrons. The van der Waals surface area contributed by atoms with Crippen LogP contribution in [0.1, 0.15) is 42.5 Å². The lowest BCUT2D eigenvalue weighted by Crippen LogP contribution is -2.48. The summed E-state index contributed by atoms with van der Waals surface area (Å²) < 4.78 is 25.5. The molecule has 0 saturated carbocycles.